The summed E-state index contributed by atoms with van der Waals surface area (Å²) in [6.07, 6.45) is 5.32. The lowest BCUT2D eigenvalue weighted by molar-refractivity contribution is 0.942. The van der Waals surface area contributed by atoms with E-state index in [1.54, 1.807) is 12.5 Å². The number of fused-ring (bicyclic) bond motifs is 1. The molecule has 0 atom stereocenters. The fourth-order valence-electron chi connectivity index (χ4n) is 1.07. The monoisotopic (exact) mass is 211 g/mol. The molecule has 0 amide bonds. The average Bonchev–Trinajstić information content (AvgIpc) is 2.30. The summed E-state index contributed by atoms with van der Waals surface area (Å²) in [4.78, 5) is 8.06. The quantitative estimate of drug-likeness (QED) is 0.665. The standard InChI is InChI=1S/C7H6BrN3/c1-11-3-6(8)5-2-9-4-10-7(5)11/h2-4H,1H3. The van der Waals surface area contributed by atoms with Crippen LogP contribution < -0.4 is 0 Å². The maximum Gasteiger partial charge on any atom is 0.144 e. The zero-order valence-corrected chi connectivity index (χ0v) is 7.54. The van der Waals surface area contributed by atoms with Crippen molar-refractivity contribution in [1.82, 2.24) is 14.5 Å². The van der Waals surface area contributed by atoms with Crippen LogP contribution in [-0.2, 0) is 7.05 Å². The van der Waals surface area contributed by atoms with Crippen molar-refractivity contribution in [3.8, 4) is 0 Å². The minimum absolute atomic E-state index is 0.951. The molecule has 2 aromatic rings. The Kier molecular flexibility index (Phi) is 1.42. The van der Waals surface area contributed by atoms with Gasteiger partial charge in [-0.25, -0.2) is 9.97 Å². The molecule has 2 heterocycles. The van der Waals surface area contributed by atoms with Gasteiger partial charge in [-0.1, -0.05) is 0 Å². The molecule has 4 heteroatoms. The van der Waals surface area contributed by atoms with E-state index in [2.05, 4.69) is 25.9 Å². The minimum atomic E-state index is 0.951. The Labute approximate surface area is 72.2 Å². The summed E-state index contributed by atoms with van der Waals surface area (Å²) >= 11 is 3.42. The van der Waals surface area contributed by atoms with Gasteiger partial charge in [0.25, 0.3) is 0 Å². The Hall–Kier alpha value is -0.900. The molecule has 0 unspecified atom stereocenters. The van der Waals surface area contributed by atoms with Crippen LogP contribution in [0, 0.1) is 0 Å². The number of nitrogens with zero attached hydrogens (tertiary/aromatic N) is 3. The van der Waals surface area contributed by atoms with Gasteiger partial charge in [0.1, 0.15) is 12.0 Å². The summed E-state index contributed by atoms with van der Waals surface area (Å²) < 4.78 is 3.00. The second-order valence-corrected chi connectivity index (χ2v) is 3.20. The number of hydrogen-bond acceptors (Lipinski definition) is 2. The van der Waals surface area contributed by atoms with Gasteiger partial charge in [-0.05, 0) is 15.9 Å². The van der Waals surface area contributed by atoms with Crippen LogP contribution in [-0.4, -0.2) is 14.5 Å². The Balaban J connectivity index is 2.95. The Morgan fingerprint density at radius 1 is 1.55 bits per heavy atom. The first-order valence-corrected chi connectivity index (χ1v) is 3.99. The number of halogens is 1. The van der Waals surface area contributed by atoms with Crippen molar-refractivity contribution in [2.45, 2.75) is 0 Å². The summed E-state index contributed by atoms with van der Waals surface area (Å²) in [5, 5.41) is 1.05. The normalized spacial score (nSPS) is 10.7. The molecule has 56 valence electrons. The Bertz CT molecular complexity index is 357. The van der Waals surface area contributed by atoms with Crippen molar-refractivity contribution in [1.29, 1.82) is 0 Å². The molecule has 0 aliphatic rings. The molecule has 3 nitrogen and oxygen atoms in total. The molecule has 0 N–H and O–H groups in total. The third-order valence-corrected chi connectivity index (χ3v) is 2.22. The van der Waals surface area contributed by atoms with E-state index in [1.807, 2.05) is 17.8 Å². The molecule has 0 saturated carbocycles. The molecule has 2 rings (SSSR count). The maximum absolute atomic E-state index is 4.12. The zero-order chi connectivity index (χ0) is 7.84. The molecule has 11 heavy (non-hydrogen) atoms. The molecular formula is C7H6BrN3. The smallest absolute Gasteiger partial charge is 0.144 e. The number of aromatic nitrogens is 3. The predicted octanol–water partition coefficient (Wildman–Crippen LogP) is 1.73. The maximum atomic E-state index is 4.12. The molecule has 0 aromatic carbocycles. The summed E-state index contributed by atoms with van der Waals surface area (Å²) in [6.45, 7) is 0. The van der Waals surface area contributed by atoms with E-state index in [9.17, 15) is 0 Å². The van der Waals surface area contributed by atoms with Gasteiger partial charge in [0.05, 0.1) is 5.39 Å². The molecule has 0 aliphatic heterocycles. The lowest BCUT2D eigenvalue weighted by Crippen LogP contribution is -1.86. The van der Waals surface area contributed by atoms with Gasteiger partial charge in [0, 0.05) is 23.9 Å². The van der Waals surface area contributed by atoms with Crippen molar-refractivity contribution < 1.29 is 0 Å². The van der Waals surface area contributed by atoms with Gasteiger partial charge >= 0.3 is 0 Å². The fraction of sp³-hybridized carbons (Fsp3) is 0.143. The summed E-state index contributed by atoms with van der Waals surface area (Å²) in [5.74, 6) is 0. The molecular weight excluding hydrogens is 206 g/mol. The highest BCUT2D eigenvalue weighted by atomic mass is 79.9. The first kappa shape index (κ1) is 6.79. The van der Waals surface area contributed by atoms with E-state index in [-0.39, 0.29) is 0 Å². The minimum Gasteiger partial charge on any atom is -0.334 e. The van der Waals surface area contributed by atoms with Crippen molar-refractivity contribution in [3.63, 3.8) is 0 Å². The predicted molar refractivity (Wildman–Crippen MR) is 46.2 cm³/mol. The molecule has 0 aliphatic carbocycles. The lowest BCUT2D eigenvalue weighted by atomic mass is 10.4. The average molecular weight is 212 g/mol. The van der Waals surface area contributed by atoms with Crippen molar-refractivity contribution in [2.75, 3.05) is 0 Å². The third-order valence-electron chi connectivity index (χ3n) is 1.59. The second-order valence-electron chi connectivity index (χ2n) is 2.35. The van der Waals surface area contributed by atoms with Crippen LogP contribution in [0.5, 0.6) is 0 Å². The number of hydrogen-bond donors (Lipinski definition) is 0. The summed E-state index contributed by atoms with van der Waals surface area (Å²) in [5.41, 5.74) is 0.951. The number of aryl methyl sites for hydroxylation is 1. The highest BCUT2D eigenvalue weighted by Gasteiger charge is 2.02. The van der Waals surface area contributed by atoms with Gasteiger partial charge in [-0.15, -0.1) is 0 Å². The third kappa shape index (κ3) is 0.939. The van der Waals surface area contributed by atoms with E-state index in [0.717, 1.165) is 15.5 Å². The fourth-order valence-corrected chi connectivity index (χ4v) is 1.66. The first-order valence-electron chi connectivity index (χ1n) is 3.19. The van der Waals surface area contributed by atoms with E-state index in [1.165, 1.54) is 0 Å². The first-order chi connectivity index (χ1) is 5.29. The largest absolute Gasteiger partial charge is 0.334 e. The van der Waals surface area contributed by atoms with Crippen LogP contribution in [0.3, 0.4) is 0 Å². The van der Waals surface area contributed by atoms with Crippen LogP contribution in [0.4, 0.5) is 0 Å². The van der Waals surface area contributed by atoms with Crippen molar-refractivity contribution in [3.05, 3.63) is 23.2 Å². The summed E-state index contributed by atoms with van der Waals surface area (Å²) in [6, 6.07) is 0. The second kappa shape index (κ2) is 2.30. The van der Waals surface area contributed by atoms with E-state index < -0.39 is 0 Å². The molecule has 0 fully saturated rings. The van der Waals surface area contributed by atoms with Crippen molar-refractivity contribution >= 4 is 27.0 Å². The van der Waals surface area contributed by atoms with E-state index >= 15 is 0 Å². The van der Waals surface area contributed by atoms with Gasteiger partial charge in [0.15, 0.2) is 0 Å². The SMILES string of the molecule is Cn1cc(Br)c2cncnc21. The zero-order valence-electron chi connectivity index (χ0n) is 5.95. The Morgan fingerprint density at radius 2 is 2.36 bits per heavy atom. The van der Waals surface area contributed by atoms with Crippen LogP contribution in [0.2, 0.25) is 0 Å². The van der Waals surface area contributed by atoms with Crippen LogP contribution in [0.15, 0.2) is 23.2 Å². The highest BCUT2D eigenvalue weighted by Crippen LogP contribution is 2.22. The Morgan fingerprint density at radius 3 is 3.09 bits per heavy atom. The highest BCUT2D eigenvalue weighted by molar-refractivity contribution is 9.10. The van der Waals surface area contributed by atoms with E-state index in [0.29, 0.717) is 0 Å². The lowest BCUT2D eigenvalue weighted by Gasteiger charge is -1.90. The van der Waals surface area contributed by atoms with Gasteiger partial charge in [-0.3, -0.25) is 0 Å². The van der Waals surface area contributed by atoms with Gasteiger partial charge in [0.2, 0.25) is 0 Å². The van der Waals surface area contributed by atoms with E-state index in [4.69, 9.17) is 0 Å². The van der Waals surface area contributed by atoms with Crippen LogP contribution in [0.1, 0.15) is 0 Å². The topological polar surface area (TPSA) is 30.7 Å². The van der Waals surface area contributed by atoms with Crippen LogP contribution >= 0.6 is 15.9 Å². The van der Waals surface area contributed by atoms with Gasteiger partial charge in [-0.2, -0.15) is 0 Å². The number of rotatable bonds is 0. The molecule has 0 bridgehead atoms. The van der Waals surface area contributed by atoms with Gasteiger partial charge < -0.3 is 4.57 Å². The molecule has 0 spiro atoms. The molecule has 0 saturated heterocycles. The van der Waals surface area contributed by atoms with Crippen LogP contribution in [0.25, 0.3) is 11.0 Å². The van der Waals surface area contributed by atoms with Crippen molar-refractivity contribution in [2.24, 2.45) is 7.05 Å². The molecule has 0 radical (unpaired) electrons. The molecule has 2 aromatic heterocycles. The summed E-state index contributed by atoms with van der Waals surface area (Å²) in [7, 11) is 1.96.